The summed E-state index contributed by atoms with van der Waals surface area (Å²) in [4.78, 5) is 16.5. The van der Waals surface area contributed by atoms with Crippen LogP contribution in [0, 0.1) is 0 Å². The highest BCUT2D eigenvalue weighted by Gasteiger charge is 2.20. The number of hydrogen-bond acceptors (Lipinski definition) is 5. The fourth-order valence-electron chi connectivity index (χ4n) is 2.41. The zero-order valence-corrected chi connectivity index (χ0v) is 16.2. The monoisotopic (exact) mass is 399 g/mol. The van der Waals surface area contributed by atoms with E-state index in [-0.39, 0.29) is 11.2 Å². The Kier molecular flexibility index (Phi) is 6.26. The lowest BCUT2D eigenvalue weighted by atomic mass is 10.2. The molecule has 0 aliphatic heterocycles. The lowest BCUT2D eigenvalue weighted by Gasteiger charge is -2.13. The molecule has 0 saturated carbocycles. The number of halogens is 1. The SMILES string of the molecule is C=CCn1c(SC(C)C(=O)Nc2cccc(Cl)c2)nnc1-c1ccncc1. The predicted octanol–water partition coefficient (Wildman–Crippen LogP) is 4.30. The van der Waals surface area contributed by atoms with Crippen LogP contribution in [0.5, 0.6) is 0 Å². The number of benzene rings is 1. The molecule has 138 valence electrons. The fourth-order valence-corrected chi connectivity index (χ4v) is 3.45. The zero-order valence-electron chi connectivity index (χ0n) is 14.7. The first-order chi connectivity index (χ1) is 13.1. The average molecular weight is 400 g/mol. The molecule has 1 amide bonds. The Morgan fingerprint density at radius 2 is 2.11 bits per heavy atom. The third kappa shape index (κ3) is 4.75. The topological polar surface area (TPSA) is 72.7 Å². The van der Waals surface area contributed by atoms with Crippen molar-refractivity contribution < 1.29 is 4.79 Å². The normalized spacial score (nSPS) is 11.8. The van der Waals surface area contributed by atoms with Gasteiger partial charge in [-0.05, 0) is 37.3 Å². The van der Waals surface area contributed by atoms with Crippen LogP contribution >= 0.6 is 23.4 Å². The molecule has 1 atom stereocenters. The Labute approximate surface area is 166 Å². The summed E-state index contributed by atoms with van der Waals surface area (Å²) in [5.41, 5.74) is 1.56. The number of carbonyl (C=O) groups excluding carboxylic acids is 1. The number of hydrogen-bond donors (Lipinski definition) is 1. The summed E-state index contributed by atoms with van der Waals surface area (Å²) in [6.07, 6.45) is 5.18. The van der Waals surface area contributed by atoms with Crippen molar-refractivity contribution in [1.29, 1.82) is 0 Å². The van der Waals surface area contributed by atoms with Gasteiger partial charge in [0.05, 0.1) is 5.25 Å². The predicted molar refractivity (Wildman–Crippen MR) is 109 cm³/mol. The van der Waals surface area contributed by atoms with Gasteiger partial charge in [0.2, 0.25) is 5.91 Å². The highest BCUT2D eigenvalue weighted by molar-refractivity contribution is 8.00. The van der Waals surface area contributed by atoms with Gasteiger partial charge in [-0.3, -0.25) is 14.3 Å². The number of pyridine rings is 1. The van der Waals surface area contributed by atoms with Gasteiger partial charge in [-0.15, -0.1) is 16.8 Å². The zero-order chi connectivity index (χ0) is 19.2. The summed E-state index contributed by atoms with van der Waals surface area (Å²) >= 11 is 7.30. The molecular weight excluding hydrogens is 382 g/mol. The Morgan fingerprint density at radius 1 is 1.33 bits per heavy atom. The molecule has 0 saturated heterocycles. The number of anilines is 1. The molecule has 27 heavy (non-hydrogen) atoms. The first kappa shape index (κ1) is 19.1. The first-order valence-electron chi connectivity index (χ1n) is 8.26. The largest absolute Gasteiger partial charge is 0.325 e. The van der Waals surface area contributed by atoms with Crippen molar-refractivity contribution in [2.45, 2.75) is 23.9 Å². The van der Waals surface area contributed by atoms with E-state index in [2.05, 4.69) is 27.1 Å². The Balaban J connectivity index is 1.77. The highest BCUT2D eigenvalue weighted by Crippen LogP contribution is 2.27. The van der Waals surface area contributed by atoms with Gasteiger partial charge in [0.1, 0.15) is 0 Å². The highest BCUT2D eigenvalue weighted by atomic mass is 35.5. The van der Waals surface area contributed by atoms with E-state index < -0.39 is 0 Å². The molecule has 3 rings (SSSR count). The maximum absolute atomic E-state index is 12.5. The van der Waals surface area contributed by atoms with Crippen molar-refractivity contribution in [3.8, 4) is 11.4 Å². The number of aromatic nitrogens is 4. The molecule has 0 aliphatic rings. The number of thioether (sulfide) groups is 1. The van der Waals surface area contributed by atoms with Crippen LogP contribution in [0.1, 0.15) is 6.92 Å². The molecule has 2 aromatic heterocycles. The Hall–Kier alpha value is -2.64. The molecule has 1 N–H and O–H groups in total. The van der Waals surface area contributed by atoms with E-state index in [0.717, 1.165) is 5.56 Å². The third-order valence-electron chi connectivity index (χ3n) is 3.71. The molecule has 8 heteroatoms. The molecule has 0 aliphatic carbocycles. The van der Waals surface area contributed by atoms with E-state index >= 15 is 0 Å². The number of amides is 1. The molecule has 0 radical (unpaired) electrons. The van der Waals surface area contributed by atoms with E-state index in [1.54, 1.807) is 42.7 Å². The van der Waals surface area contributed by atoms with E-state index in [4.69, 9.17) is 11.6 Å². The van der Waals surface area contributed by atoms with Crippen molar-refractivity contribution in [3.05, 3.63) is 66.5 Å². The Bertz CT molecular complexity index is 944. The van der Waals surface area contributed by atoms with Crippen molar-refractivity contribution in [2.24, 2.45) is 0 Å². The minimum absolute atomic E-state index is 0.138. The van der Waals surface area contributed by atoms with E-state index in [1.807, 2.05) is 23.6 Å². The van der Waals surface area contributed by atoms with Crippen LogP contribution in [0.15, 0.2) is 66.6 Å². The Morgan fingerprint density at radius 3 is 2.81 bits per heavy atom. The third-order valence-corrected chi connectivity index (χ3v) is 5.03. The molecule has 6 nitrogen and oxygen atoms in total. The average Bonchev–Trinajstić information content (AvgIpc) is 3.05. The maximum Gasteiger partial charge on any atom is 0.237 e. The maximum atomic E-state index is 12.5. The summed E-state index contributed by atoms with van der Waals surface area (Å²) < 4.78 is 1.93. The number of nitrogens with zero attached hydrogens (tertiary/aromatic N) is 4. The molecular formula is C19H18ClN5OS. The van der Waals surface area contributed by atoms with E-state index in [1.165, 1.54) is 11.8 Å². The van der Waals surface area contributed by atoms with Gasteiger partial charge in [0, 0.05) is 35.2 Å². The molecule has 1 unspecified atom stereocenters. The summed E-state index contributed by atoms with van der Waals surface area (Å²) in [5.74, 6) is 0.572. The number of nitrogens with one attached hydrogen (secondary N) is 1. The summed E-state index contributed by atoms with van der Waals surface area (Å²) in [6, 6.07) is 10.8. The van der Waals surface area contributed by atoms with E-state index in [9.17, 15) is 4.79 Å². The molecule has 0 fully saturated rings. The van der Waals surface area contributed by atoms with Crippen LogP contribution in [0.2, 0.25) is 5.02 Å². The number of rotatable bonds is 7. The fraction of sp³-hybridized carbons (Fsp3) is 0.158. The second-order valence-electron chi connectivity index (χ2n) is 5.70. The minimum Gasteiger partial charge on any atom is -0.325 e. The van der Waals surface area contributed by atoms with E-state index in [0.29, 0.717) is 28.2 Å². The second kappa shape index (κ2) is 8.83. The van der Waals surface area contributed by atoms with Gasteiger partial charge in [-0.2, -0.15) is 0 Å². The number of allylic oxidation sites excluding steroid dienone is 1. The van der Waals surface area contributed by atoms with Gasteiger partial charge in [0.25, 0.3) is 0 Å². The van der Waals surface area contributed by atoms with Gasteiger partial charge < -0.3 is 5.32 Å². The van der Waals surface area contributed by atoms with Crippen LogP contribution in [-0.2, 0) is 11.3 Å². The van der Waals surface area contributed by atoms with Crippen molar-refractivity contribution >= 4 is 35.0 Å². The van der Waals surface area contributed by atoms with Gasteiger partial charge in [-0.1, -0.05) is 35.5 Å². The first-order valence-corrected chi connectivity index (χ1v) is 9.52. The molecule has 1 aromatic carbocycles. The molecule has 0 spiro atoms. The molecule has 3 aromatic rings. The van der Waals surface area contributed by atoms with Crippen LogP contribution in [0.25, 0.3) is 11.4 Å². The molecule has 2 heterocycles. The van der Waals surface area contributed by atoms with Crippen LogP contribution in [0.4, 0.5) is 5.69 Å². The van der Waals surface area contributed by atoms with Crippen molar-refractivity contribution in [1.82, 2.24) is 19.7 Å². The molecule has 0 bridgehead atoms. The van der Waals surface area contributed by atoms with Gasteiger partial charge >= 0.3 is 0 Å². The lowest BCUT2D eigenvalue weighted by molar-refractivity contribution is -0.115. The van der Waals surface area contributed by atoms with Crippen LogP contribution in [-0.4, -0.2) is 30.9 Å². The lowest BCUT2D eigenvalue weighted by Crippen LogP contribution is -2.23. The summed E-state index contributed by atoms with van der Waals surface area (Å²) in [7, 11) is 0. The van der Waals surface area contributed by atoms with Gasteiger partial charge in [0.15, 0.2) is 11.0 Å². The van der Waals surface area contributed by atoms with Crippen molar-refractivity contribution in [3.63, 3.8) is 0 Å². The second-order valence-corrected chi connectivity index (χ2v) is 7.45. The summed E-state index contributed by atoms with van der Waals surface area (Å²) in [6.45, 7) is 6.16. The number of carbonyl (C=O) groups is 1. The van der Waals surface area contributed by atoms with Crippen molar-refractivity contribution in [2.75, 3.05) is 5.32 Å². The van der Waals surface area contributed by atoms with Crippen LogP contribution < -0.4 is 5.32 Å². The summed E-state index contributed by atoms with van der Waals surface area (Å²) in [5, 5.41) is 12.2. The smallest absolute Gasteiger partial charge is 0.237 e. The standard InChI is InChI=1S/C19H18ClN5OS/c1-3-11-25-17(14-7-9-21-10-8-14)23-24-19(25)27-13(2)18(26)22-16-6-4-5-15(20)12-16/h3-10,12-13H,1,11H2,2H3,(H,22,26). The van der Waals surface area contributed by atoms with Crippen LogP contribution in [0.3, 0.4) is 0 Å². The van der Waals surface area contributed by atoms with Gasteiger partial charge in [-0.25, -0.2) is 0 Å². The quantitative estimate of drug-likeness (QED) is 0.473. The minimum atomic E-state index is -0.373.